The molecule has 0 unspecified atom stereocenters. The van der Waals surface area contributed by atoms with Crippen molar-refractivity contribution in [2.24, 2.45) is 4.99 Å². The van der Waals surface area contributed by atoms with E-state index in [1.54, 1.807) is 0 Å². The molecule has 4 aromatic rings. The first kappa shape index (κ1) is 21.6. The van der Waals surface area contributed by atoms with Crippen LogP contribution in [0.3, 0.4) is 0 Å². The van der Waals surface area contributed by atoms with Crippen molar-refractivity contribution in [3.8, 4) is 0 Å². The van der Waals surface area contributed by atoms with E-state index in [1.807, 2.05) is 42.6 Å². The minimum Gasteiger partial charge on any atom is -0.309 e. The Morgan fingerprint density at radius 1 is 0.968 bits per heavy atom. The van der Waals surface area contributed by atoms with Crippen LogP contribution in [0.25, 0.3) is 28.7 Å². The summed E-state index contributed by atoms with van der Waals surface area (Å²) in [4.78, 5) is 11.7. The Bertz CT molecular complexity index is 1260. The molecule has 6 heteroatoms. The number of hydrogen-bond donors (Lipinski definition) is 0. The van der Waals surface area contributed by atoms with E-state index < -0.39 is 0 Å². The van der Waals surface area contributed by atoms with Gasteiger partial charge in [-0.3, -0.25) is 4.99 Å². The van der Waals surface area contributed by atoms with Gasteiger partial charge in [0.2, 0.25) is 0 Å². The first-order valence-corrected chi connectivity index (χ1v) is 11.0. The van der Waals surface area contributed by atoms with Gasteiger partial charge in [-0.1, -0.05) is 59.6 Å². The molecule has 0 aliphatic heterocycles. The fourth-order valence-electron chi connectivity index (χ4n) is 3.50. The van der Waals surface area contributed by atoms with Crippen molar-refractivity contribution in [2.45, 2.75) is 6.42 Å². The third-order valence-electron chi connectivity index (χ3n) is 5.02. The number of hydrogen-bond acceptors (Lipinski definition) is 3. The molecule has 0 atom stereocenters. The monoisotopic (exact) mass is 450 g/mol. The van der Waals surface area contributed by atoms with Crippen LogP contribution in [0.1, 0.15) is 23.4 Å². The van der Waals surface area contributed by atoms with Gasteiger partial charge in [-0.2, -0.15) is 0 Å². The zero-order valence-electron chi connectivity index (χ0n) is 17.6. The SMILES string of the molecule is CN(C)CCCN=Cc1ccc2c(/C=C/c3ccccc3)nc3cc(Cl)c(Cl)cc3n12. The summed E-state index contributed by atoms with van der Waals surface area (Å²) in [5, 5.41) is 0.998. The van der Waals surface area contributed by atoms with Gasteiger partial charge in [-0.15, -0.1) is 0 Å². The van der Waals surface area contributed by atoms with Crippen LogP contribution in [-0.2, 0) is 0 Å². The number of rotatable bonds is 7. The zero-order valence-corrected chi connectivity index (χ0v) is 19.1. The minimum absolute atomic E-state index is 0.491. The standard InChI is InChI=1S/C25H24Cl2N4/c1-30(2)14-6-13-28-17-19-10-12-24-22(11-9-18-7-4-3-5-8-18)29-23-15-20(26)21(27)16-25(23)31(19)24/h3-5,7-12,15-17H,6,13-14H2,1-2H3/b11-9+,28-17?. The lowest BCUT2D eigenvalue weighted by Crippen LogP contribution is -2.13. The molecule has 2 heterocycles. The van der Waals surface area contributed by atoms with Crippen molar-refractivity contribution in [3.63, 3.8) is 0 Å². The smallest absolute Gasteiger partial charge is 0.0894 e. The van der Waals surface area contributed by atoms with Crippen LogP contribution in [0.2, 0.25) is 10.0 Å². The highest BCUT2D eigenvalue weighted by atomic mass is 35.5. The molecule has 4 nitrogen and oxygen atoms in total. The third-order valence-corrected chi connectivity index (χ3v) is 5.74. The number of aliphatic imine (C=N–C) groups is 1. The molecule has 0 bridgehead atoms. The largest absolute Gasteiger partial charge is 0.309 e. The second kappa shape index (κ2) is 9.65. The van der Waals surface area contributed by atoms with E-state index in [0.29, 0.717) is 10.0 Å². The van der Waals surface area contributed by atoms with Crippen molar-refractivity contribution in [1.82, 2.24) is 14.3 Å². The number of aromatic nitrogens is 2. The summed E-state index contributed by atoms with van der Waals surface area (Å²) in [6, 6.07) is 18.0. The maximum Gasteiger partial charge on any atom is 0.0894 e. The maximum absolute atomic E-state index is 6.34. The van der Waals surface area contributed by atoms with Crippen molar-refractivity contribution in [1.29, 1.82) is 0 Å². The minimum atomic E-state index is 0.491. The lowest BCUT2D eigenvalue weighted by Gasteiger charge is -2.09. The van der Waals surface area contributed by atoms with E-state index in [2.05, 4.69) is 58.7 Å². The molecule has 0 fully saturated rings. The number of benzene rings is 2. The van der Waals surface area contributed by atoms with E-state index in [4.69, 9.17) is 28.2 Å². The number of fused-ring (bicyclic) bond motifs is 3. The molecule has 4 rings (SSSR count). The van der Waals surface area contributed by atoms with E-state index in [1.165, 1.54) is 0 Å². The molecule has 0 aliphatic rings. The van der Waals surface area contributed by atoms with Gasteiger partial charge in [0, 0.05) is 12.8 Å². The second-order valence-corrected chi connectivity index (χ2v) is 8.48. The highest BCUT2D eigenvalue weighted by Gasteiger charge is 2.12. The van der Waals surface area contributed by atoms with Crippen LogP contribution in [0.15, 0.2) is 59.6 Å². The van der Waals surface area contributed by atoms with Gasteiger partial charge in [0.25, 0.3) is 0 Å². The van der Waals surface area contributed by atoms with Crippen LogP contribution in [0.4, 0.5) is 0 Å². The van der Waals surface area contributed by atoms with E-state index in [0.717, 1.165) is 53.0 Å². The molecule has 158 valence electrons. The lowest BCUT2D eigenvalue weighted by molar-refractivity contribution is 0.403. The number of halogens is 2. The Kier molecular flexibility index (Phi) is 6.71. The first-order chi connectivity index (χ1) is 15.0. The molecule has 2 aromatic heterocycles. The molecule has 0 radical (unpaired) electrons. The normalized spacial score (nSPS) is 12.3. The molecular weight excluding hydrogens is 427 g/mol. The summed E-state index contributed by atoms with van der Waals surface area (Å²) in [5.74, 6) is 0. The summed E-state index contributed by atoms with van der Waals surface area (Å²) < 4.78 is 2.14. The van der Waals surface area contributed by atoms with Crippen LogP contribution >= 0.6 is 23.2 Å². The summed E-state index contributed by atoms with van der Waals surface area (Å²) in [7, 11) is 4.14. The maximum atomic E-state index is 6.34. The second-order valence-electron chi connectivity index (χ2n) is 7.67. The summed E-state index contributed by atoms with van der Waals surface area (Å²) in [6.07, 6.45) is 7.04. The van der Waals surface area contributed by atoms with Gasteiger partial charge in [0.05, 0.1) is 38.0 Å². The topological polar surface area (TPSA) is 32.9 Å². The fourth-order valence-corrected chi connectivity index (χ4v) is 3.82. The van der Waals surface area contributed by atoms with Crippen LogP contribution in [-0.4, -0.2) is 47.7 Å². The van der Waals surface area contributed by atoms with Crippen molar-refractivity contribution < 1.29 is 0 Å². The molecule has 0 saturated carbocycles. The first-order valence-electron chi connectivity index (χ1n) is 10.2. The predicted molar refractivity (Wildman–Crippen MR) is 134 cm³/mol. The molecule has 0 amide bonds. The van der Waals surface area contributed by atoms with E-state index in [9.17, 15) is 0 Å². The lowest BCUT2D eigenvalue weighted by atomic mass is 10.2. The van der Waals surface area contributed by atoms with Crippen molar-refractivity contribution in [3.05, 3.63) is 81.6 Å². The number of nitrogens with zero attached hydrogens (tertiary/aromatic N) is 4. The molecule has 0 N–H and O–H groups in total. The van der Waals surface area contributed by atoms with Crippen molar-refractivity contribution in [2.75, 3.05) is 27.2 Å². The molecule has 0 aliphatic carbocycles. The van der Waals surface area contributed by atoms with Gasteiger partial charge < -0.3 is 9.30 Å². The van der Waals surface area contributed by atoms with Crippen LogP contribution in [0, 0.1) is 0 Å². The quantitative estimate of drug-likeness (QED) is 0.243. The summed E-state index contributed by atoms with van der Waals surface area (Å²) in [6.45, 7) is 1.80. The molecule has 31 heavy (non-hydrogen) atoms. The Morgan fingerprint density at radius 2 is 1.74 bits per heavy atom. The molecule has 0 saturated heterocycles. The van der Waals surface area contributed by atoms with Crippen LogP contribution in [0.5, 0.6) is 0 Å². The average Bonchev–Trinajstić information content (AvgIpc) is 3.18. The average molecular weight is 451 g/mol. The van der Waals surface area contributed by atoms with E-state index >= 15 is 0 Å². The molecule has 2 aromatic carbocycles. The fraction of sp³-hybridized carbons (Fsp3) is 0.200. The van der Waals surface area contributed by atoms with E-state index in [-0.39, 0.29) is 0 Å². The van der Waals surface area contributed by atoms with Gasteiger partial charge in [0.15, 0.2) is 0 Å². The Morgan fingerprint density at radius 3 is 2.52 bits per heavy atom. The highest BCUT2D eigenvalue weighted by molar-refractivity contribution is 6.42. The Labute approximate surface area is 192 Å². The zero-order chi connectivity index (χ0) is 21.8. The van der Waals surface area contributed by atoms with Gasteiger partial charge in [0.1, 0.15) is 0 Å². The predicted octanol–water partition coefficient (Wildman–Crippen LogP) is 6.34. The van der Waals surface area contributed by atoms with Crippen molar-refractivity contribution >= 4 is 58.1 Å². The van der Waals surface area contributed by atoms with Gasteiger partial charge >= 0.3 is 0 Å². The summed E-state index contributed by atoms with van der Waals surface area (Å²) >= 11 is 12.6. The Balaban J connectivity index is 1.79. The van der Waals surface area contributed by atoms with Crippen LogP contribution < -0.4 is 0 Å². The third kappa shape index (κ3) is 4.99. The molecule has 0 spiro atoms. The van der Waals surface area contributed by atoms with Gasteiger partial charge in [-0.05, 0) is 63.0 Å². The molecular formula is C25H24Cl2N4. The Hall–Kier alpha value is -2.66. The summed E-state index contributed by atoms with van der Waals surface area (Å²) in [5.41, 5.74) is 5.65. The van der Waals surface area contributed by atoms with Gasteiger partial charge in [-0.25, -0.2) is 4.98 Å². The highest BCUT2D eigenvalue weighted by Crippen LogP contribution is 2.30.